The highest BCUT2D eigenvalue weighted by atomic mass is 19.1. The third-order valence-corrected chi connectivity index (χ3v) is 7.20. The van der Waals surface area contributed by atoms with Gasteiger partial charge in [0.1, 0.15) is 11.5 Å². The molecule has 0 radical (unpaired) electrons. The average Bonchev–Trinajstić information content (AvgIpc) is 3.61. The number of pyridine rings is 1. The van der Waals surface area contributed by atoms with Crippen molar-refractivity contribution >= 4 is 33.4 Å². The van der Waals surface area contributed by atoms with E-state index in [1.807, 2.05) is 67.6 Å². The zero-order chi connectivity index (χ0) is 27.9. The molecule has 0 fully saturated rings. The molecule has 0 aliphatic rings. The van der Waals surface area contributed by atoms with Crippen molar-refractivity contribution in [3.63, 3.8) is 0 Å². The second-order valence-electron chi connectivity index (χ2n) is 10.1. The number of H-pyrrole nitrogens is 2. The van der Waals surface area contributed by atoms with E-state index >= 15 is 0 Å². The lowest BCUT2D eigenvalue weighted by atomic mass is 9.99. The first-order chi connectivity index (χ1) is 20.0. The number of fused-ring (bicyclic) bond motifs is 2. The van der Waals surface area contributed by atoms with Crippen LogP contribution in [0.4, 0.5) is 10.1 Å². The third kappa shape index (κ3) is 4.63. The Bertz CT molecular complexity index is 2060. The van der Waals surface area contributed by atoms with Gasteiger partial charge in [0.05, 0.1) is 23.1 Å². The summed E-state index contributed by atoms with van der Waals surface area (Å²) in [5.74, 6) is -0.444. The van der Waals surface area contributed by atoms with Crippen LogP contribution >= 0.6 is 0 Å². The number of anilines is 1. The highest BCUT2D eigenvalue weighted by Crippen LogP contribution is 2.36. The molecule has 1 amide bonds. The Morgan fingerprint density at radius 3 is 2.51 bits per heavy atom. The van der Waals surface area contributed by atoms with Gasteiger partial charge in [-0.3, -0.25) is 14.9 Å². The maximum atomic E-state index is 14.2. The Labute approximate surface area is 234 Å². The fourth-order valence-corrected chi connectivity index (χ4v) is 5.28. The fraction of sp³-hybridized carbons (Fsp3) is 0.0294. The molecule has 0 unspecified atom stereocenters. The summed E-state index contributed by atoms with van der Waals surface area (Å²) in [4.78, 5) is 20.5. The van der Waals surface area contributed by atoms with E-state index in [4.69, 9.17) is 0 Å². The normalized spacial score (nSPS) is 11.3. The number of benzene rings is 4. The van der Waals surface area contributed by atoms with Gasteiger partial charge in [0, 0.05) is 33.6 Å². The molecule has 3 N–H and O–H groups in total. The molecule has 41 heavy (non-hydrogen) atoms. The zero-order valence-corrected chi connectivity index (χ0v) is 22.1. The minimum Gasteiger partial charge on any atom is -0.353 e. The quantitative estimate of drug-likeness (QED) is 0.207. The van der Waals surface area contributed by atoms with Crippen LogP contribution in [0.1, 0.15) is 15.9 Å². The first-order valence-corrected chi connectivity index (χ1v) is 13.2. The lowest BCUT2D eigenvalue weighted by molar-refractivity contribution is 0.102. The van der Waals surface area contributed by atoms with Gasteiger partial charge < -0.3 is 10.3 Å². The Morgan fingerprint density at radius 1 is 0.780 bits per heavy atom. The number of nitrogens with zero attached hydrogens (tertiary/aromatic N) is 2. The van der Waals surface area contributed by atoms with E-state index in [2.05, 4.69) is 37.6 Å². The fourth-order valence-electron chi connectivity index (χ4n) is 5.28. The Hall–Kier alpha value is -5.56. The summed E-state index contributed by atoms with van der Waals surface area (Å²) < 4.78 is 14.2. The van der Waals surface area contributed by atoms with Crippen LogP contribution in [0, 0.1) is 12.7 Å². The number of carbonyl (C=O) groups is 1. The van der Waals surface area contributed by atoms with Crippen molar-refractivity contribution in [2.45, 2.75) is 6.92 Å². The van der Waals surface area contributed by atoms with Crippen molar-refractivity contribution in [1.82, 2.24) is 20.2 Å². The van der Waals surface area contributed by atoms with Crippen LogP contribution in [0.15, 0.2) is 109 Å². The van der Waals surface area contributed by atoms with E-state index in [9.17, 15) is 9.18 Å². The average molecular weight is 538 g/mol. The minimum absolute atomic E-state index is 0.191. The number of hydrogen-bond acceptors (Lipinski definition) is 3. The van der Waals surface area contributed by atoms with E-state index in [-0.39, 0.29) is 11.7 Å². The summed E-state index contributed by atoms with van der Waals surface area (Å²) in [6, 6.07) is 30.2. The number of aryl methyl sites for hydroxylation is 1. The minimum atomic E-state index is -0.253. The van der Waals surface area contributed by atoms with Gasteiger partial charge in [-0.1, -0.05) is 42.5 Å². The predicted octanol–water partition coefficient (Wildman–Crippen LogP) is 8.14. The Balaban J connectivity index is 1.25. The maximum absolute atomic E-state index is 14.2. The highest BCUT2D eigenvalue weighted by molar-refractivity contribution is 6.05. The second-order valence-corrected chi connectivity index (χ2v) is 10.1. The van der Waals surface area contributed by atoms with Crippen LogP contribution in [0.25, 0.3) is 55.4 Å². The first kappa shape index (κ1) is 24.5. The summed E-state index contributed by atoms with van der Waals surface area (Å²) >= 11 is 0. The molecule has 0 bridgehead atoms. The number of hydrogen-bond donors (Lipinski definition) is 3. The molecule has 7 aromatic rings. The van der Waals surface area contributed by atoms with Crippen molar-refractivity contribution in [2.75, 3.05) is 5.32 Å². The number of halogens is 1. The molecule has 0 aliphatic carbocycles. The van der Waals surface area contributed by atoms with Gasteiger partial charge >= 0.3 is 0 Å². The van der Waals surface area contributed by atoms with E-state index in [0.717, 1.165) is 61.0 Å². The van der Waals surface area contributed by atoms with Gasteiger partial charge in [-0.25, -0.2) is 4.39 Å². The summed E-state index contributed by atoms with van der Waals surface area (Å²) in [6.07, 6.45) is 3.41. The standard InChI is InChI=1S/C34H24FN5O/c1-20-12-23(14-25(35)13-20)27-8-5-9-30-28(27)17-32(38-30)33-29-16-22(10-11-31(29)39-40-33)24-15-26(19-36-18-24)37-34(41)21-6-3-2-4-7-21/h2-19,38H,1H3,(H,37,41)(H,39,40). The Kier molecular flexibility index (Phi) is 5.90. The maximum Gasteiger partial charge on any atom is 0.255 e. The van der Waals surface area contributed by atoms with Gasteiger partial charge in [-0.05, 0) is 83.8 Å². The second kappa shape index (κ2) is 9.88. The number of carbonyl (C=O) groups excluding carboxylic acids is 1. The molecule has 0 aliphatic heterocycles. The van der Waals surface area contributed by atoms with Gasteiger partial charge in [0.25, 0.3) is 5.91 Å². The van der Waals surface area contributed by atoms with E-state index in [1.165, 1.54) is 6.07 Å². The zero-order valence-electron chi connectivity index (χ0n) is 22.1. The van der Waals surface area contributed by atoms with Crippen molar-refractivity contribution in [1.29, 1.82) is 0 Å². The molecule has 4 aromatic carbocycles. The number of rotatable bonds is 5. The first-order valence-electron chi connectivity index (χ1n) is 13.2. The summed E-state index contributed by atoms with van der Waals surface area (Å²) in [6.45, 7) is 1.89. The SMILES string of the molecule is Cc1cc(F)cc(-c2cccc3[nH]c(-c4n[nH]c5ccc(-c6cncc(NC(=O)c7ccccc7)c6)cc45)cc23)c1. The molecular formula is C34H24FN5O. The largest absolute Gasteiger partial charge is 0.353 e. The monoisotopic (exact) mass is 537 g/mol. The lowest BCUT2D eigenvalue weighted by Gasteiger charge is -2.08. The van der Waals surface area contributed by atoms with Crippen molar-refractivity contribution < 1.29 is 9.18 Å². The molecule has 3 heterocycles. The van der Waals surface area contributed by atoms with Gasteiger partial charge in [-0.2, -0.15) is 5.10 Å². The van der Waals surface area contributed by atoms with E-state index < -0.39 is 0 Å². The molecule has 3 aromatic heterocycles. The molecule has 0 saturated carbocycles. The van der Waals surface area contributed by atoms with Crippen molar-refractivity contribution in [2.24, 2.45) is 0 Å². The molecule has 7 heteroatoms. The highest BCUT2D eigenvalue weighted by Gasteiger charge is 2.15. The van der Waals surface area contributed by atoms with Crippen molar-refractivity contribution in [3.8, 4) is 33.6 Å². The molecular weight excluding hydrogens is 513 g/mol. The van der Waals surface area contributed by atoms with Crippen molar-refractivity contribution in [3.05, 3.63) is 126 Å². The van der Waals surface area contributed by atoms with E-state index in [1.54, 1.807) is 30.6 Å². The third-order valence-electron chi connectivity index (χ3n) is 7.20. The predicted molar refractivity (Wildman–Crippen MR) is 161 cm³/mol. The van der Waals surface area contributed by atoms with Gasteiger partial charge in [0.15, 0.2) is 0 Å². The topological polar surface area (TPSA) is 86.5 Å². The molecule has 198 valence electrons. The summed E-state index contributed by atoms with van der Waals surface area (Å²) in [5, 5.41) is 12.6. The molecule has 0 atom stereocenters. The number of amides is 1. The smallest absolute Gasteiger partial charge is 0.255 e. The summed E-state index contributed by atoms with van der Waals surface area (Å²) in [7, 11) is 0. The Morgan fingerprint density at radius 2 is 1.66 bits per heavy atom. The summed E-state index contributed by atoms with van der Waals surface area (Å²) in [5.41, 5.74) is 9.12. The number of aromatic amines is 2. The van der Waals surface area contributed by atoms with Crippen LogP contribution in [-0.2, 0) is 0 Å². The van der Waals surface area contributed by atoms with E-state index in [0.29, 0.717) is 11.3 Å². The lowest BCUT2D eigenvalue weighted by Crippen LogP contribution is -2.11. The van der Waals surface area contributed by atoms with Crippen LogP contribution in [-0.4, -0.2) is 26.1 Å². The van der Waals surface area contributed by atoms with Crippen LogP contribution in [0.5, 0.6) is 0 Å². The van der Waals surface area contributed by atoms with Gasteiger partial charge in [-0.15, -0.1) is 0 Å². The molecule has 0 saturated heterocycles. The van der Waals surface area contributed by atoms with Crippen LogP contribution in [0.3, 0.4) is 0 Å². The van der Waals surface area contributed by atoms with Gasteiger partial charge in [0.2, 0.25) is 0 Å². The van der Waals surface area contributed by atoms with Crippen LogP contribution in [0.2, 0.25) is 0 Å². The van der Waals surface area contributed by atoms with Crippen LogP contribution < -0.4 is 5.32 Å². The molecule has 6 nitrogen and oxygen atoms in total. The number of aromatic nitrogens is 4. The molecule has 7 rings (SSSR count). The molecule has 0 spiro atoms. The number of nitrogens with one attached hydrogen (secondary N) is 3.